The molecule has 0 spiro atoms. The van der Waals surface area contributed by atoms with Crippen LogP contribution in [0.1, 0.15) is 46.5 Å². The number of hydrogen-bond donors (Lipinski definition) is 1. The maximum Gasteiger partial charge on any atom is 0.142 e. The molecular formula is C15H25NO. The summed E-state index contributed by atoms with van der Waals surface area (Å²) < 4.78 is 5.60. The van der Waals surface area contributed by atoms with Gasteiger partial charge in [0.15, 0.2) is 0 Å². The van der Waals surface area contributed by atoms with Crippen molar-refractivity contribution >= 4 is 5.69 Å². The number of anilines is 1. The summed E-state index contributed by atoms with van der Waals surface area (Å²) >= 11 is 0. The molecule has 0 saturated heterocycles. The lowest BCUT2D eigenvalue weighted by Gasteiger charge is -2.17. The van der Waals surface area contributed by atoms with Crippen LogP contribution in [0.15, 0.2) is 24.3 Å². The average Bonchev–Trinajstić information content (AvgIpc) is 2.32. The zero-order valence-corrected chi connectivity index (χ0v) is 11.3. The van der Waals surface area contributed by atoms with Gasteiger partial charge in [-0.15, -0.1) is 0 Å². The Morgan fingerprint density at radius 2 is 1.94 bits per heavy atom. The van der Waals surface area contributed by atoms with Gasteiger partial charge in [0, 0.05) is 6.04 Å². The standard InChI is InChI=1S/C15H25NO/c1-4-6-7-10-13(3)16-14-11-8-9-12-15(14)17-5-2/h8-9,11-13,16H,4-7,10H2,1-3H3. The lowest BCUT2D eigenvalue weighted by Crippen LogP contribution is -2.15. The summed E-state index contributed by atoms with van der Waals surface area (Å²) in [4.78, 5) is 0. The Balaban J connectivity index is 2.48. The van der Waals surface area contributed by atoms with Gasteiger partial charge < -0.3 is 10.1 Å². The van der Waals surface area contributed by atoms with Crippen LogP contribution < -0.4 is 10.1 Å². The number of benzene rings is 1. The smallest absolute Gasteiger partial charge is 0.142 e. The second-order valence-corrected chi connectivity index (χ2v) is 4.47. The summed E-state index contributed by atoms with van der Waals surface area (Å²) in [6.07, 6.45) is 5.11. The molecular weight excluding hydrogens is 210 g/mol. The number of para-hydroxylation sites is 2. The van der Waals surface area contributed by atoms with Crippen LogP contribution in [0.2, 0.25) is 0 Å². The van der Waals surface area contributed by atoms with Crippen LogP contribution in [0.3, 0.4) is 0 Å². The number of nitrogens with one attached hydrogen (secondary N) is 1. The third-order valence-electron chi connectivity index (χ3n) is 2.83. The minimum absolute atomic E-state index is 0.503. The Labute approximate surface area is 105 Å². The van der Waals surface area contributed by atoms with Crippen molar-refractivity contribution in [2.24, 2.45) is 0 Å². The molecule has 0 aromatic heterocycles. The maximum atomic E-state index is 5.60. The zero-order valence-electron chi connectivity index (χ0n) is 11.3. The summed E-state index contributed by atoms with van der Waals surface area (Å²) in [6, 6.07) is 8.66. The van der Waals surface area contributed by atoms with E-state index in [0.29, 0.717) is 12.6 Å². The zero-order chi connectivity index (χ0) is 12.5. The second-order valence-electron chi connectivity index (χ2n) is 4.47. The Morgan fingerprint density at radius 1 is 1.18 bits per heavy atom. The molecule has 0 radical (unpaired) electrons. The maximum absolute atomic E-state index is 5.60. The van der Waals surface area contributed by atoms with Gasteiger partial charge in [0.05, 0.1) is 12.3 Å². The minimum atomic E-state index is 0.503. The first-order chi connectivity index (χ1) is 8.27. The molecule has 17 heavy (non-hydrogen) atoms. The van der Waals surface area contributed by atoms with E-state index in [9.17, 15) is 0 Å². The largest absolute Gasteiger partial charge is 0.492 e. The minimum Gasteiger partial charge on any atom is -0.492 e. The van der Waals surface area contributed by atoms with Gasteiger partial charge in [-0.25, -0.2) is 0 Å². The molecule has 1 N–H and O–H groups in total. The predicted molar refractivity (Wildman–Crippen MR) is 74.8 cm³/mol. The van der Waals surface area contributed by atoms with Gasteiger partial charge in [-0.3, -0.25) is 0 Å². The Kier molecular flexibility index (Phi) is 6.53. The van der Waals surface area contributed by atoms with Gasteiger partial charge in [-0.05, 0) is 32.4 Å². The lowest BCUT2D eigenvalue weighted by atomic mass is 10.1. The van der Waals surface area contributed by atoms with Gasteiger partial charge in [0.1, 0.15) is 5.75 Å². The van der Waals surface area contributed by atoms with Crippen molar-refractivity contribution in [3.8, 4) is 5.75 Å². The molecule has 1 aromatic carbocycles. The summed E-state index contributed by atoms with van der Waals surface area (Å²) in [5.74, 6) is 0.956. The summed E-state index contributed by atoms with van der Waals surface area (Å²) in [6.45, 7) is 7.20. The molecule has 0 amide bonds. The molecule has 1 rings (SSSR count). The monoisotopic (exact) mass is 235 g/mol. The molecule has 1 unspecified atom stereocenters. The SMILES string of the molecule is CCCCCC(C)Nc1ccccc1OCC. The highest BCUT2D eigenvalue weighted by atomic mass is 16.5. The highest BCUT2D eigenvalue weighted by molar-refractivity contribution is 5.56. The fourth-order valence-corrected chi connectivity index (χ4v) is 1.91. The molecule has 96 valence electrons. The molecule has 0 aliphatic rings. The second kappa shape index (κ2) is 7.99. The Hall–Kier alpha value is -1.18. The van der Waals surface area contributed by atoms with Gasteiger partial charge in [-0.2, -0.15) is 0 Å². The molecule has 0 heterocycles. The van der Waals surface area contributed by atoms with E-state index in [2.05, 4.69) is 25.2 Å². The van der Waals surface area contributed by atoms with Crippen molar-refractivity contribution in [2.75, 3.05) is 11.9 Å². The highest BCUT2D eigenvalue weighted by Crippen LogP contribution is 2.25. The van der Waals surface area contributed by atoms with Crippen LogP contribution >= 0.6 is 0 Å². The third kappa shape index (κ3) is 5.12. The molecule has 1 atom stereocenters. The number of unbranched alkanes of at least 4 members (excludes halogenated alkanes) is 2. The fourth-order valence-electron chi connectivity index (χ4n) is 1.91. The van der Waals surface area contributed by atoms with Crippen molar-refractivity contribution in [1.29, 1.82) is 0 Å². The van der Waals surface area contributed by atoms with E-state index in [1.807, 2.05) is 25.1 Å². The summed E-state index contributed by atoms with van der Waals surface area (Å²) in [5.41, 5.74) is 1.11. The van der Waals surface area contributed by atoms with Gasteiger partial charge in [0.25, 0.3) is 0 Å². The van der Waals surface area contributed by atoms with Crippen LogP contribution in [0.5, 0.6) is 5.75 Å². The van der Waals surface area contributed by atoms with E-state index < -0.39 is 0 Å². The number of rotatable bonds is 8. The molecule has 2 nitrogen and oxygen atoms in total. The van der Waals surface area contributed by atoms with Gasteiger partial charge in [-0.1, -0.05) is 38.3 Å². The van der Waals surface area contributed by atoms with Crippen LogP contribution in [0.25, 0.3) is 0 Å². The molecule has 0 aliphatic heterocycles. The van der Waals surface area contributed by atoms with Crippen LogP contribution in [-0.2, 0) is 0 Å². The first-order valence-corrected chi connectivity index (χ1v) is 6.76. The van der Waals surface area contributed by atoms with Crippen molar-refractivity contribution in [3.63, 3.8) is 0 Å². The van der Waals surface area contributed by atoms with Gasteiger partial charge >= 0.3 is 0 Å². The number of ether oxygens (including phenoxy) is 1. The summed E-state index contributed by atoms with van der Waals surface area (Å²) in [7, 11) is 0. The summed E-state index contributed by atoms with van der Waals surface area (Å²) in [5, 5.41) is 3.53. The topological polar surface area (TPSA) is 21.3 Å². The van der Waals surface area contributed by atoms with E-state index in [1.165, 1.54) is 25.7 Å². The molecule has 0 aliphatic carbocycles. The van der Waals surface area contributed by atoms with Crippen molar-refractivity contribution in [2.45, 2.75) is 52.5 Å². The van der Waals surface area contributed by atoms with E-state index in [4.69, 9.17) is 4.74 Å². The van der Waals surface area contributed by atoms with Crippen molar-refractivity contribution in [3.05, 3.63) is 24.3 Å². The highest BCUT2D eigenvalue weighted by Gasteiger charge is 2.06. The van der Waals surface area contributed by atoms with E-state index >= 15 is 0 Å². The van der Waals surface area contributed by atoms with E-state index in [1.54, 1.807) is 0 Å². The third-order valence-corrected chi connectivity index (χ3v) is 2.83. The van der Waals surface area contributed by atoms with Crippen molar-refractivity contribution < 1.29 is 4.74 Å². The first kappa shape index (κ1) is 13.9. The normalized spacial score (nSPS) is 12.2. The van der Waals surface area contributed by atoms with E-state index in [-0.39, 0.29) is 0 Å². The fraction of sp³-hybridized carbons (Fsp3) is 0.600. The average molecular weight is 235 g/mol. The van der Waals surface area contributed by atoms with Crippen LogP contribution in [0.4, 0.5) is 5.69 Å². The van der Waals surface area contributed by atoms with E-state index in [0.717, 1.165) is 11.4 Å². The van der Waals surface area contributed by atoms with Crippen molar-refractivity contribution in [1.82, 2.24) is 0 Å². The van der Waals surface area contributed by atoms with Crippen LogP contribution in [0, 0.1) is 0 Å². The Morgan fingerprint density at radius 3 is 2.65 bits per heavy atom. The van der Waals surface area contributed by atoms with Gasteiger partial charge in [0.2, 0.25) is 0 Å². The molecule has 0 bridgehead atoms. The molecule has 0 saturated carbocycles. The molecule has 1 aromatic rings. The predicted octanol–water partition coefficient (Wildman–Crippen LogP) is 4.47. The Bertz CT molecular complexity index is 312. The van der Waals surface area contributed by atoms with Crippen LogP contribution in [-0.4, -0.2) is 12.6 Å². The molecule has 2 heteroatoms. The number of hydrogen-bond acceptors (Lipinski definition) is 2. The quantitative estimate of drug-likeness (QED) is 0.671. The molecule has 0 fully saturated rings. The lowest BCUT2D eigenvalue weighted by molar-refractivity contribution is 0.341. The first-order valence-electron chi connectivity index (χ1n) is 6.76.